The summed E-state index contributed by atoms with van der Waals surface area (Å²) >= 11 is 0. The van der Waals surface area contributed by atoms with Crippen molar-refractivity contribution in [2.75, 3.05) is 0 Å². The molecule has 0 bridgehead atoms. The van der Waals surface area contributed by atoms with Gasteiger partial charge in [-0.2, -0.15) is 0 Å². The highest BCUT2D eigenvalue weighted by Crippen LogP contribution is 2.16. The molecule has 2 heteroatoms. The summed E-state index contributed by atoms with van der Waals surface area (Å²) in [6.45, 7) is 4.22. The molecule has 1 N–H and O–H groups in total. The van der Waals surface area contributed by atoms with Gasteiger partial charge in [0.25, 0.3) is 0 Å². The summed E-state index contributed by atoms with van der Waals surface area (Å²) in [6.07, 6.45) is 3.74. The minimum Gasteiger partial charge on any atom is -0.489 e. The molecule has 0 heterocycles. The summed E-state index contributed by atoms with van der Waals surface area (Å²) in [7, 11) is 0. The molecule has 1 atom stereocenters. The van der Waals surface area contributed by atoms with E-state index in [2.05, 4.69) is 30.8 Å². The highest BCUT2D eigenvalue weighted by molar-refractivity contribution is 5.28. The van der Waals surface area contributed by atoms with Crippen LogP contribution in [0, 0.1) is 0 Å². The predicted octanol–water partition coefficient (Wildman–Crippen LogP) is 4.14. The fourth-order valence-electron chi connectivity index (χ4n) is 2.14. The zero-order chi connectivity index (χ0) is 14.9. The molecule has 0 fully saturated rings. The molecule has 0 aliphatic heterocycles. The molecule has 0 aromatic heterocycles. The van der Waals surface area contributed by atoms with Crippen molar-refractivity contribution in [3.8, 4) is 5.75 Å². The molecule has 0 radical (unpaired) electrons. The fraction of sp³-hybridized carbons (Fsp3) is 0.263. The molecule has 21 heavy (non-hydrogen) atoms. The molecule has 0 aliphatic rings. The standard InChI is InChI=1S/C19H22O2/c1-2-6-18(20)12-9-16-10-13-19(14-11-16)21-15-17-7-4-3-5-8-17/h2-5,7-8,10-11,13-14,18,20H,1,6,9,12,15H2. The first-order valence-corrected chi connectivity index (χ1v) is 7.32. The van der Waals surface area contributed by atoms with Crippen LogP contribution in [-0.2, 0) is 13.0 Å². The van der Waals surface area contributed by atoms with E-state index < -0.39 is 0 Å². The van der Waals surface area contributed by atoms with Crippen molar-refractivity contribution >= 4 is 0 Å². The van der Waals surface area contributed by atoms with E-state index in [1.807, 2.05) is 30.3 Å². The van der Waals surface area contributed by atoms with Crippen LogP contribution in [0.2, 0.25) is 0 Å². The zero-order valence-electron chi connectivity index (χ0n) is 12.2. The Morgan fingerprint density at radius 2 is 1.71 bits per heavy atom. The normalized spacial score (nSPS) is 11.9. The van der Waals surface area contributed by atoms with Gasteiger partial charge in [-0.3, -0.25) is 0 Å². The number of aliphatic hydroxyl groups is 1. The van der Waals surface area contributed by atoms with E-state index in [4.69, 9.17) is 4.74 Å². The number of benzene rings is 2. The Labute approximate surface area is 126 Å². The minimum absolute atomic E-state index is 0.295. The van der Waals surface area contributed by atoms with Crippen LogP contribution in [-0.4, -0.2) is 11.2 Å². The lowest BCUT2D eigenvalue weighted by atomic mass is 10.1. The maximum atomic E-state index is 9.68. The van der Waals surface area contributed by atoms with Gasteiger partial charge in [-0.05, 0) is 42.5 Å². The quantitative estimate of drug-likeness (QED) is 0.737. The monoisotopic (exact) mass is 282 g/mol. The van der Waals surface area contributed by atoms with Crippen molar-refractivity contribution in [2.45, 2.75) is 32.0 Å². The topological polar surface area (TPSA) is 29.5 Å². The lowest BCUT2D eigenvalue weighted by Crippen LogP contribution is -2.06. The molecule has 0 saturated heterocycles. The lowest BCUT2D eigenvalue weighted by molar-refractivity contribution is 0.168. The molecule has 2 aromatic carbocycles. The van der Waals surface area contributed by atoms with Crippen LogP contribution >= 0.6 is 0 Å². The van der Waals surface area contributed by atoms with Gasteiger partial charge in [-0.1, -0.05) is 48.5 Å². The Morgan fingerprint density at radius 1 is 1.00 bits per heavy atom. The SMILES string of the molecule is C=CCC(O)CCc1ccc(OCc2ccccc2)cc1. The van der Waals surface area contributed by atoms with Crippen molar-refractivity contribution in [1.82, 2.24) is 0 Å². The van der Waals surface area contributed by atoms with E-state index in [1.165, 1.54) is 5.56 Å². The number of rotatable bonds is 8. The van der Waals surface area contributed by atoms with Crippen LogP contribution in [0.15, 0.2) is 67.3 Å². The summed E-state index contributed by atoms with van der Waals surface area (Å²) in [5, 5.41) is 9.68. The second kappa shape index (κ2) is 8.28. The molecule has 0 spiro atoms. The average Bonchev–Trinajstić information content (AvgIpc) is 2.53. The van der Waals surface area contributed by atoms with Crippen molar-refractivity contribution in [2.24, 2.45) is 0 Å². The van der Waals surface area contributed by atoms with Crippen molar-refractivity contribution < 1.29 is 9.84 Å². The van der Waals surface area contributed by atoms with Gasteiger partial charge >= 0.3 is 0 Å². The van der Waals surface area contributed by atoms with Gasteiger partial charge < -0.3 is 9.84 Å². The maximum absolute atomic E-state index is 9.68. The molecule has 0 saturated carbocycles. The summed E-state index contributed by atoms with van der Waals surface area (Å²) in [6, 6.07) is 18.2. The second-order valence-corrected chi connectivity index (χ2v) is 5.14. The highest BCUT2D eigenvalue weighted by atomic mass is 16.5. The van der Waals surface area contributed by atoms with Crippen LogP contribution < -0.4 is 4.74 Å². The summed E-state index contributed by atoms with van der Waals surface area (Å²) in [4.78, 5) is 0. The predicted molar refractivity (Wildman–Crippen MR) is 86.4 cm³/mol. The molecule has 1 unspecified atom stereocenters. The maximum Gasteiger partial charge on any atom is 0.119 e. The molecule has 110 valence electrons. The van der Waals surface area contributed by atoms with Gasteiger partial charge in [0.15, 0.2) is 0 Å². The fourth-order valence-corrected chi connectivity index (χ4v) is 2.14. The molecule has 0 aliphatic carbocycles. The Bertz CT molecular complexity index is 531. The van der Waals surface area contributed by atoms with Gasteiger partial charge in [0.1, 0.15) is 12.4 Å². The Balaban J connectivity index is 1.80. The largest absolute Gasteiger partial charge is 0.489 e. The van der Waals surface area contributed by atoms with Crippen molar-refractivity contribution in [3.05, 3.63) is 78.4 Å². The van der Waals surface area contributed by atoms with Crippen LogP contribution in [0.5, 0.6) is 5.75 Å². The van der Waals surface area contributed by atoms with E-state index in [1.54, 1.807) is 6.08 Å². The molecule has 2 rings (SSSR count). The summed E-state index contributed by atoms with van der Waals surface area (Å²) < 4.78 is 5.75. The second-order valence-electron chi connectivity index (χ2n) is 5.14. The minimum atomic E-state index is -0.295. The van der Waals surface area contributed by atoms with Gasteiger partial charge in [0.05, 0.1) is 6.10 Å². The first kappa shape index (κ1) is 15.3. The van der Waals surface area contributed by atoms with Crippen LogP contribution in [0.25, 0.3) is 0 Å². The summed E-state index contributed by atoms with van der Waals surface area (Å²) in [5.41, 5.74) is 2.37. The number of ether oxygens (including phenoxy) is 1. The van der Waals surface area contributed by atoms with Gasteiger partial charge in [0, 0.05) is 0 Å². The van der Waals surface area contributed by atoms with Crippen LogP contribution in [0.4, 0.5) is 0 Å². The molecule has 0 amide bonds. The third kappa shape index (κ3) is 5.44. The first-order chi connectivity index (χ1) is 10.3. The van der Waals surface area contributed by atoms with E-state index in [9.17, 15) is 5.11 Å². The van der Waals surface area contributed by atoms with E-state index in [0.717, 1.165) is 24.2 Å². The molecule has 2 aromatic rings. The number of hydrogen-bond donors (Lipinski definition) is 1. The van der Waals surface area contributed by atoms with Crippen molar-refractivity contribution in [3.63, 3.8) is 0 Å². The first-order valence-electron chi connectivity index (χ1n) is 7.32. The third-order valence-electron chi connectivity index (χ3n) is 3.38. The number of aryl methyl sites for hydroxylation is 1. The smallest absolute Gasteiger partial charge is 0.119 e. The summed E-state index contributed by atoms with van der Waals surface area (Å²) in [5.74, 6) is 0.870. The Hall–Kier alpha value is -2.06. The zero-order valence-corrected chi connectivity index (χ0v) is 12.2. The lowest BCUT2D eigenvalue weighted by Gasteiger charge is -2.09. The van der Waals surface area contributed by atoms with Gasteiger partial charge in [-0.25, -0.2) is 0 Å². The number of hydrogen-bond acceptors (Lipinski definition) is 2. The van der Waals surface area contributed by atoms with E-state index in [-0.39, 0.29) is 6.10 Å². The van der Waals surface area contributed by atoms with E-state index in [0.29, 0.717) is 13.0 Å². The van der Waals surface area contributed by atoms with Crippen LogP contribution in [0.3, 0.4) is 0 Å². The van der Waals surface area contributed by atoms with E-state index >= 15 is 0 Å². The molecular weight excluding hydrogens is 260 g/mol. The third-order valence-corrected chi connectivity index (χ3v) is 3.38. The van der Waals surface area contributed by atoms with Gasteiger partial charge in [0.2, 0.25) is 0 Å². The van der Waals surface area contributed by atoms with Crippen LogP contribution in [0.1, 0.15) is 24.0 Å². The van der Waals surface area contributed by atoms with Gasteiger partial charge in [-0.15, -0.1) is 6.58 Å². The highest BCUT2D eigenvalue weighted by Gasteiger charge is 2.03. The van der Waals surface area contributed by atoms with Crippen molar-refractivity contribution in [1.29, 1.82) is 0 Å². The Kier molecular flexibility index (Phi) is 6.04. The average molecular weight is 282 g/mol. The number of aliphatic hydroxyl groups excluding tert-OH is 1. The molecule has 2 nitrogen and oxygen atoms in total. The molecular formula is C19H22O2. The Morgan fingerprint density at radius 3 is 2.38 bits per heavy atom.